The number of carbonyl (C=O) groups excluding carboxylic acids is 1. The molecular formula is C15H17ClN2O3. The van der Waals surface area contributed by atoms with E-state index in [0.717, 1.165) is 19.3 Å². The maximum Gasteiger partial charge on any atom is 0.270 e. The Kier molecular flexibility index (Phi) is 5.33. The molecule has 1 aliphatic rings. The summed E-state index contributed by atoms with van der Waals surface area (Å²) in [6, 6.07) is 3.86. The summed E-state index contributed by atoms with van der Waals surface area (Å²) in [6.45, 7) is 0.518. The molecule has 0 radical (unpaired) electrons. The third kappa shape index (κ3) is 4.29. The van der Waals surface area contributed by atoms with Crippen molar-refractivity contribution in [3.8, 4) is 0 Å². The fourth-order valence-corrected chi connectivity index (χ4v) is 2.57. The fraction of sp³-hybridized carbons (Fsp3) is 0.400. The van der Waals surface area contributed by atoms with Crippen LogP contribution in [0, 0.1) is 10.1 Å². The average molecular weight is 309 g/mol. The maximum absolute atomic E-state index is 12.0. The van der Waals surface area contributed by atoms with Crippen LogP contribution in [0.4, 0.5) is 5.69 Å². The number of nitrogens with zero attached hydrogens (tertiary/aromatic N) is 1. The summed E-state index contributed by atoms with van der Waals surface area (Å²) in [7, 11) is 0. The van der Waals surface area contributed by atoms with Gasteiger partial charge in [-0.25, -0.2) is 0 Å². The second kappa shape index (κ2) is 7.22. The molecule has 1 N–H and O–H groups in total. The van der Waals surface area contributed by atoms with E-state index in [-0.39, 0.29) is 22.2 Å². The van der Waals surface area contributed by atoms with Crippen LogP contribution in [0.2, 0.25) is 5.02 Å². The first-order chi connectivity index (χ1) is 10.1. The lowest BCUT2D eigenvalue weighted by Gasteiger charge is -2.13. The number of non-ortho nitro benzene ring substituents is 1. The quantitative estimate of drug-likeness (QED) is 0.510. The van der Waals surface area contributed by atoms with Crippen LogP contribution in [0.3, 0.4) is 0 Å². The number of nitro groups is 1. The maximum atomic E-state index is 12.0. The lowest BCUT2D eigenvalue weighted by molar-refractivity contribution is -0.384. The summed E-state index contributed by atoms with van der Waals surface area (Å²) >= 11 is 5.93. The average Bonchev–Trinajstić information content (AvgIpc) is 2.48. The molecule has 5 nitrogen and oxygen atoms in total. The van der Waals surface area contributed by atoms with Crippen LogP contribution in [-0.2, 0) is 0 Å². The molecule has 6 heteroatoms. The van der Waals surface area contributed by atoms with Crippen LogP contribution >= 0.6 is 11.6 Å². The van der Waals surface area contributed by atoms with Crippen LogP contribution in [0.1, 0.15) is 42.5 Å². The van der Waals surface area contributed by atoms with Crippen LogP contribution in [0.5, 0.6) is 0 Å². The van der Waals surface area contributed by atoms with Gasteiger partial charge in [0.1, 0.15) is 0 Å². The number of benzene rings is 1. The molecule has 0 saturated carbocycles. The Morgan fingerprint density at radius 3 is 2.86 bits per heavy atom. The predicted octanol–water partition coefficient (Wildman–Crippen LogP) is 3.87. The van der Waals surface area contributed by atoms with Gasteiger partial charge in [0.25, 0.3) is 11.6 Å². The SMILES string of the molecule is O=C(NCCC1=CCCCC1)c1cc([N+](=O)[O-])ccc1Cl. The number of halogens is 1. The molecule has 112 valence electrons. The molecule has 21 heavy (non-hydrogen) atoms. The number of rotatable bonds is 5. The van der Waals surface area contributed by atoms with E-state index in [1.807, 2.05) is 0 Å². The first-order valence-corrected chi connectivity index (χ1v) is 7.36. The van der Waals surface area contributed by atoms with Gasteiger partial charge in [-0.1, -0.05) is 23.3 Å². The van der Waals surface area contributed by atoms with Crippen molar-refractivity contribution in [3.63, 3.8) is 0 Å². The highest BCUT2D eigenvalue weighted by Crippen LogP contribution is 2.22. The highest BCUT2D eigenvalue weighted by atomic mass is 35.5. The van der Waals surface area contributed by atoms with E-state index in [2.05, 4.69) is 11.4 Å². The van der Waals surface area contributed by atoms with E-state index >= 15 is 0 Å². The summed E-state index contributed by atoms with van der Waals surface area (Å²) in [5.74, 6) is -0.375. The summed E-state index contributed by atoms with van der Waals surface area (Å²) < 4.78 is 0. The highest BCUT2D eigenvalue weighted by Gasteiger charge is 2.15. The van der Waals surface area contributed by atoms with E-state index in [9.17, 15) is 14.9 Å². The largest absolute Gasteiger partial charge is 0.352 e. The first-order valence-electron chi connectivity index (χ1n) is 6.98. The fourth-order valence-electron chi connectivity index (χ4n) is 2.36. The third-order valence-corrected chi connectivity index (χ3v) is 3.85. The molecule has 2 rings (SSSR count). The predicted molar refractivity (Wildman–Crippen MR) is 81.6 cm³/mol. The second-order valence-corrected chi connectivity index (χ2v) is 5.44. The topological polar surface area (TPSA) is 72.2 Å². The number of hydrogen-bond donors (Lipinski definition) is 1. The van der Waals surface area contributed by atoms with Crippen molar-refractivity contribution in [1.29, 1.82) is 0 Å². The van der Waals surface area contributed by atoms with Crippen LogP contribution in [-0.4, -0.2) is 17.4 Å². The molecule has 0 heterocycles. The Morgan fingerprint density at radius 1 is 1.38 bits per heavy atom. The summed E-state index contributed by atoms with van der Waals surface area (Å²) in [4.78, 5) is 22.2. The van der Waals surface area contributed by atoms with Crippen LogP contribution in [0.15, 0.2) is 29.8 Å². The molecule has 0 aromatic heterocycles. The van der Waals surface area contributed by atoms with Crippen molar-refractivity contribution < 1.29 is 9.72 Å². The number of carbonyl (C=O) groups is 1. The highest BCUT2D eigenvalue weighted by molar-refractivity contribution is 6.33. The van der Waals surface area contributed by atoms with Crippen LogP contribution < -0.4 is 5.32 Å². The molecule has 0 bridgehead atoms. The van der Waals surface area contributed by atoms with Crippen molar-refractivity contribution in [2.24, 2.45) is 0 Å². The molecule has 0 unspecified atom stereocenters. The Balaban J connectivity index is 1.95. The van der Waals surface area contributed by atoms with E-state index in [1.165, 1.54) is 36.6 Å². The summed E-state index contributed by atoms with van der Waals surface area (Å²) in [6.07, 6.45) is 7.69. The van der Waals surface area contributed by atoms with E-state index in [1.54, 1.807) is 0 Å². The molecule has 0 aliphatic heterocycles. The standard InChI is InChI=1S/C15H17ClN2O3/c16-14-7-6-12(18(20)21)10-13(14)15(19)17-9-8-11-4-2-1-3-5-11/h4,6-7,10H,1-3,5,8-9H2,(H,17,19). The van der Waals surface area contributed by atoms with Gasteiger partial charge in [-0.15, -0.1) is 0 Å². The number of amides is 1. The summed E-state index contributed by atoms with van der Waals surface area (Å²) in [5, 5.41) is 13.7. The number of allylic oxidation sites excluding steroid dienone is 1. The molecule has 1 aliphatic carbocycles. The van der Waals surface area contributed by atoms with Gasteiger partial charge in [0.15, 0.2) is 0 Å². The lowest BCUT2D eigenvalue weighted by Crippen LogP contribution is -2.25. The molecule has 1 aromatic carbocycles. The third-order valence-electron chi connectivity index (χ3n) is 3.52. The van der Waals surface area contributed by atoms with Gasteiger partial charge in [-0.3, -0.25) is 14.9 Å². The normalized spacial score (nSPS) is 14.4. The van der Waals surface area contributed by atoms with Gasteiger partial charge >= 0.3 is 0 Å². The van der Waals surface area contributed by atoms with Gasteiger partial charge < -0.3 is 5.32 Å². The van der Waals surface area contributed by atoms with Gasteiger partial charge in [0.05, 0.1) is 15.5 Å². The minimum atomic E-state index is -0.542. The van der Waals surface area contributed by atoms with E-state index in [0.29, 0.717) is 6.54 Å². The molecule has 0 atom stereocenters. The number of nitrogens with one attached hydrogen (secondary N) is 1. The Hall–Kier alpha value is -1.88. The zero-order chi connectivity index (χ0) is 15.2. The van der Waals surface area contributed by atoms with Gasteiger partial charge in [0, 0.05) is 18.7 Å². The Morgan fingerprint density at radius 2 is 2.19 bits per heavy atom. The van der Waals surface area contributed by atoms with E-state index in [4.69, 9.17) is 11.6 Å². The van der Waals surface area contributed by atoms with E-state index < -0.39 is 4.92 Å². The van der Waals surface area contributed by atoms with Crippen molar-refractivity contribution in [3.05, 3.63) is 50.5 Å². The molecular weight excluding hydrogens is 292 g/mol. The number of hydrogen-bond acceptors (Lipinski definition) is 3. The molecule has 0 fully saturated rings. The molecule has 0 spiro atoms. The van der Waals surface area contributed by atoms with Crippen molar-refractivity contribution >= 4 is 23.2 Å². The zero-order valence-corrected chi connectivity index (χ0v) is 12.4. The summed E-state index contributed by atoms with van der Waals surface area (Å²) in [5.41, 5.74) is 1.37. The first kappa shape index (κ1) is 15.5. The van der Waals surface area contributed by atoms with Crippen molar-refractivity contribution in [2.75, 3.05) is 6.54 Å². The van der Waals surface area contributed by atoms with Gasteiger partial charge in [0.2, 0.25) is 0 Å². The van der Waals surface area contributed by atoms with Gasteiger partial charge in [-0.2, -0.15) is 0 Å². The second-order valence-electron chi connectivity index (χ2n) is 5.04. The monoisotopic (exact) mass is 308 g/mol. The molecule has 0 saturated heterocycles. The lowest BCUT2D eigenvalue weighted by atomic mass is 9.97. The molecule has 1 aromatic rings. The Labute approximate surface area is 128 Å². The van der Waals surface area contributed by atoms with Crippen LogP contribution in [0.25, 0.3) is 0 Å². The zero-order valence-electron chi connectivity index (χ0n) is 11.6. The Bertz CT molecular complexity index is 584. The number of nitro benzene ring substituents is 1. The molecule has 1 amide bonds. The minimum Gasteiger partial charge on any atom is -0.352 e. The smallest absolute Gasteiger partial charge is 0.270 e. The van der Waals surface area contributed by atoms with Gasteiger partial charge in [-0.05, 0) is 38.2 Å². The minimum absolute atomic E-state index is 0.139. The van der Waals surface area contributed by atoms with Crippen molar-refractivity contribution in [1.82, 2.24) is 5.32 Å². The van der Waals surface area contributed by atoms with Crippen molar-refractivity contribution in [2.45, 2.75) is 32.1 Å².